The second-order valence-electron chi connectivity index (χ2n) is 8.23. The number of unbranched alkanes of at least 4 members (excludes halogenated alkanes) is 1. The molecule has 0 aromatic rings. The first kappa shape index (κ1) is 34.8. The molecule has 0 aliphatic carbocycles. The number of rotatable bonds is 23. The lowest BCUT2D eigenvalue weighted by atomic mass is 9.80. The average Bonchev–Trinajstić information content (AvgIpc) is 2.82. The number of ether oxygens (including phenoxy) is 3. The highest BCUT2D eigenvalue weighted by atomic mass is 16.5. The maximum Gasteiger partial charge on any atom is 0.0950 e. The van der Waals surface area contributed by atoms with Crippen molar-refractivity contribution in [2.75, 3.05) is 65.9 Å². The van der Waals surface area contributed by atoms with E-state index in [1.54, 1.807) is 0 Å². The van der Waals surface area contributed by atoms with E-state index in [1.165, 1.54) is 12.8 Å². The first-order chi connectivity index (χ1) is 15.9. The molecular formula is C23H55N5O5. The van der Waals surface area contributed by atoms with Crippen LogP contribution >= 0.6 is 0 Å². The van der Waals surface area contributed by atoms with Crippen LogP contribution in [0, 0.1) is 0 Å². The van der Waals surface area contributed by atoms with Gasteiger partial charge in [-0.1, -0.05) is 13.3 Å². The number of aliphatic hydroxyl groups is 2. The number of hydrogen-bond acceptors (Lipinski definition) is 10. The van der Waals surface area contributed by atoms with Crippen LogP contribution in [-0.4, -0.2) is 93.8 Å². The molecule has 12 N–H and O–H groups in total. The minimum absolute atomic E-state index is 0.0122. The number of nitrogens with two attached hydrogens (primary N) is 5. The van der Waals surface area contributed by atoms with Crippen molar-refractivity contribution < 1.29 is 24.4 Å². The van der Waals surface area contributed by atoms with E-state index in [1.807, 2.05) is 0 Å². The van der Waals surface area contributed by atoms with Crippen LogP contribution in [0.4, 0.5) is 0 Å². The third-order valence-corrected chi connectivity index (χ3v) is 5.29. The van der Waals surface area contributed by atoms with Crippen molar-refractivity contribution >= 4 is 0 Å². The summed E-state index contributed by atoms with van der Waals surface area (Å²) in [6, 6.07) is -1.05. The lowest BCUT2D eigenvalue weighted by Crippen LogP contribution is -2.60. The van der Waals surface area contributed by atoms with E-state index in [9.17, 15) is 5.11 Å². The van der Waals surface area contributed by atoms with E-state index < -0.39 is 17.7 Å². The van der Waals surface area contributed by atoms with Gasteiger partial charge in [0.2, 0.25) is 0 Å². The fourth-order valence-electron chi connectivity index (χ4n) is 3.04. The smallest absolute Gasteiger partial charge is 0.0950 e. The normalized spacial score (nSPS) is 14.9. The topological polar surface area (TPSA) is 198 Å². The molecule has 0 saturated heterocycles. The Bertz CT molecular complexity index is 357. The van der Waals surface area contributed by atoms with Gasteiger partial charge in [-0.05, 0) is 71.0 Å². The number of aliphatic hydroxyl groups excluding tert-OH is 1. The molecule has 0 bridgehead atoms. The van der Waals surface area contributed by atoms with Crippen LogP contribution in [0.3, 0.4) is 0 Å². The van der Waals surface area contributed by atoms with Crippen molar-refractivity contribution in [3.8, 4) is 0 Å². The second-order valence-corrected chi connectivity index (χ2v) is 8.23. The van der Waals surface area contributed by atoms with Crippen LogP contribution in [-0.2, 0) is 14.2 Å². The minimum Gasteiger partial charge on any atom is -0.396 e. The molecule has 0 heterocycles. The standard InChI is InChI=1S/C16H38N4O4.C7H17NO/c17-7-2-10-23-12-4-14(19)16(22,6-1-9-21)15(20)5-13-24-11-3-8-18;1-2-3-6-9-7-4-5-8/h14-15,21-22H,1-13,17-20H2;2-8H2,1H3. The molecule has 0 saturated carbocycles. The van der Waals surface area contributed by atoms with Crippen LogP contribution in [0.2, 0.25) is 0 Å². The average molecular weight is 482 g/mol. The Hall–Kier alpha value is -0.400. The Morgan fingerprint density at radius 2 is 1.06 bits per heavy atom. The third kappa shape index (κ3) is 20.7. The van der Waals surface area contributed by atoms with Crippen molar-refractivity contribution in [3.05, 3.63) is 0 Å². The molecule has 0 fully saturated rings. The highest BCUT2D eigenvalue weighted by Gasteiger charge is 2.39. The van der Waals surface area contributed by atoms with Gasteiger partial charge in [0.1, 0.15) is 0 Å². The highest BCUT2D eigenvalue weighted by Crippen LogP contribution is 2.24. The van der Waals surface area contributed by atoms with Gasteiger partial charge in [0.25, 0.3) is 0 Å². The quantitative estimate of drug-likeness (QED) is 0.0959. The zero-order valence-electron chi connectivity index (χ0n) is 21.1. The first-order valence-electron chi connectivity index (χ1n) is 12.6. The van der Waals surface area contributed by atoms with Crippen LogP contribution < -0.4 is 28.7 Å². The fraction of sp³-hybridized carbons (Fsp3) is 1.00. The van der Waals surface area contributed by atoms with E-state index in [4.69, 9.17) is 48.0 Å². The van der Waals surface area contributed by atoms with Crippen molar-refractivity contribution in [1.29, 1.82) is 0 Å². The second kappa shape index (κ2) is 26.2. The van der Waals surface area contributed by atoms with Gasteiger partial charge in [0, 0.05) is 58.3 Å². The maximum absolute atomic E-state index is 11.0. The van der Waals surface area contributed by atoms with Crippen LogP contribution in [0.1, 0.15) is 64.7 Å². The molecule has 0 spiro atoms. The van der Waals surface area contributed by atoms with E-state index in [0.717, 1.165) is 39.0 Å². The molecule has 2 unspecified atom stereocenters. The largest absolute Gasteiger partial charge is 0.396 e. The lowest BCUT2D eigenvalue weighted by Gasteiger charge is -2.39. The van der Waals surface area contributed by atoms with Gasteiger partial charge in [0.15, 0.2) is 0 Å². The Labute approximate surface area is 201 Å². The molecule has 10 heteroatoms. The summed E-state index contributed by atoms with van der Waals surface area (Å²) < 4.78 is 16.1. The molecule has 0 rings (SSSR count). The highest BCUT2D eigenvalue weighted by molar-refractivity contribution is 4.97. The van der Waals surface area contributed by atoms with Crippen molar-refractivity contribution in [1.82, 2.24) is 0 Å². The maximum atomic E-state index is 11.0. The van der Waals surface area contributed by atoms with E-state index in [-0.39, 0.29) is 6.61 Å². The van der Waals surface area contributed by atoms with Crippen LogP contribution in [0.15, 0.2) is 0 Å². The molecular weight excluding hydrogens is 426 g/mol. The van der Waals surface area contributed by atoms with Crippen LogP contribution in [0.25, 0.3) is 0 Å². The summed E-state index contributed by atoms with van der Waals surface area (Å²) in [4.78, 5) is 0. The summed E-state index contributed by atoms with van der Waals surface area (Å²) in [5, 5.41) is 20.0. The van der Waals surface area contributed by atoms with Gasteiger partial charge in [-0.3, -0.25) is 0 Å². The molecule has 0 radical (unpaired) electrons. The van der Waals surface area contributed by atoms with E-state index in [2.05, 4.69) is 6.92 Å². The third-order valence-electron chi connectivity index (χ3n) is 5.29. The lowest BCUT2D eigenvalue weighted by molar-refractivity contribution is -0.0396. The summed E-state index contributed by atoms with van der Waals surface area (Å²) in [6.07, 6.45) is 6.74. The summed E-state index contributed by atoms with van der Waals surface area (Å²) in [5.41, 5.74) is 27.2. The van der Waals surface area contributed by atoms with Gasteiger partial charge in [-0.15, -0.1) is 0 Å². The van der Waals surface area contributed by atoms with Crippen molar-refractivity contribution in [2.45, 2.75) is 82.4 Å². The monoisotopic (exact) mass is 481 g/mol. The van der Waals surface area contributed by atoms with Gasteiger partial charge < -0.3 is 53.1 Å². The summed E-state index contributed by atoms with van der Waals surface area (Å²) in [7, 11) is 0. The number of hydrogen-bond donors (Lipinski definition) is 7. The molecule has 33 heavy (non-hydrogen) atoms. The fourth-order valence-corrected chi connectivity index (χ4v) is 3.04. The van der Waals surface area contributed by atoms with Crippen LogP contribution in [0.5, 0.6) is 0 Å². The van der Waals surface area contributed by atoms with Gasteiger partial charge in [-0.25, -0.2) is 0 Å². The Kier molecular flexibility index (Phi) is 27.6. The minimum atomic E-state index is -1.25. The zero-order chi connectivity index (χ0) is 25.2. The Morgan fingerprint density at radius 1 is 0.667 bits per heavy atom. The van der Waals surface area contributed by atoms with E-state index in [0.29, 0.717) is 65.2 Å². The summed E-state index contributed by atoms with van der Waals surface area (Å²) in [6.45, 7) is 7.85. The van der Waals surface area contributed by atoms with Gasteiger partial charge >= 0.3 is 0 Å². The summed E-state index contributed by atoms with van der Waals surface area (Å²) in [5.74, 6) is 0. The molecule has 0 aromatic heterocycles. The van der Waals surface area contributed by atoms with Gasteiger partial charge in [-0.2, -0.15) is 0 Å². The van der Waals surface area contributed by atoms with Crippen molar-refractivity contribution in [3.63, 3.8) is 0 Å². The Balaban J connectivity index is 0. The molecule has 10 nitrogen and oxygen atoms in total. The van der Waals surface area contributed by atoms with Gasteiger partial charge in [0.05, 0.1) is 5.60 Å². The summed E-state index contributed by atoms with van der Waals surface area (Å²) >= 11 is 0. The van der Waals surface area contributed by atoms with Crippen molar-refractivity contribution in [2.24, 2.45) is 28.7 Å². The molecule has 202 valence electrons. The molecule has 0 aromatic carbocycles. The Morgan fingerprint density at radius 3 is 1.42 bits per heavy atom. The predicted octanol–water partition coefficient (Wildman–Crippen LogP) is -0.192. The molecule has 2 atom stereocenters. The molecule has 0 aliphatic heterocycles. The molecule has 0 aliphatic rings. The first-order valence-corrected chi connectivity index (χ1v) is 12.6. The zero-order valence-corrected chi connectivity index (χ0v) is 21.1. The van der Waals surface area contributed by atoms with E-state index >= 15 is 0 Å². The molecule has 0 amide bonds. The predicted molar refractivity (Wildman–Crippen MR) is 135 cm³/mol. The SMILES string of the molecule is CCCCOCCCN.NCCCOCCC(N)C(O)(CCCO)C(N)CCOCCCN.